The maximum Gasteiger partial charge on any atom is 0.310 e. The Bertz CT molecular complexity index is 295. The smallest absolute Gasteiger partial charge is 0.310 e. The minimum atomic E-state index is -0.873. The zero-order valence-corrected chi connectivity index (χ0v) is 10.5. The highest BCUT2D eigenvalue weighted by Gasteiger charge is 2.39. The number of carbonyl (C=O) groups is 2. The van der Waals surface area contributed by atoms with Gasteiger partial charge < -0.3 is 15.2 Å². The predicted octanol–water partition coefficient (Wildman–Crippen LogP) is -0.458. The van der Waals surface area contributed by atoms with E-state index >= 15 is 0 Å². The van der Waals surface area contributed by atoms with Crippen molar-refractivity contribution >= 4 is 11.9 Å². The Morgan fingerprint density at radius 2 is 2.18 bits per heavy atom. The Labute approximate surface area is 101 Å². The van der Waals surface area contributed by atoms with Crippen molar-refractivity contribution in [2.75, 3.05) is 26.8 Å². The van der Waals surface area contributed by atoms with Crippen LogP contribution >= 0.6 is 0 Å². The van der Waals surface area contributed by atoms with Crippen molar-refractivity contribution in [3.8, 4) is 0 Å². The lowest BCUT2D eigenvalue weighted by Gasteiger charge is -2.30. The quantitative estimate of drug-likeness (QED) is 0.684. The van der Waals surface area contributed by atoms with Gasteiger partial charge in [0.1, 0.15) is 0 Å². The summed E-state index contributed by atoms with van der Waals surface area (Å²) in [6, 6.07) is -0.603. The minimum Gasteiger partial charge on any atom is -0.481 e. The number of likely N-dealkylation sites (N-methyl/N-ethyl adjacent to an activating group) is 2. The summed E-state index contributed by atoms with van der Waals surface area (Å²) in [6.07, 6.45) is 0. The largest absolute Gasteiger partial charge is 0.481 e. The second-order valence-corrected chi connectivity index (χ2v) is 4.29. The number of rotatable bonds is 5. The highest BCUT2D eigenvalue weighted by molar-refractivity contribution is 5.81. The summed E-state index contributed by atoms with van der Waals surface area (Å²) in [5.41, 5.74) is 0. The summed E-state index contributed by atoms with van der Waals surface area (Å²) in [5.74, 6) is -1.52. The van der Waals surface area contributed by atoms with Crippen LogP contribution in [0, 0.1) is 5.92 Å². The number of nitrogens with one attached hydrogen (secondary N) is 1. The molecule has 17 heavy (non-hydrogen) atoms. The molecule has 0 bridgehead atoms. The molecule has 1 rings (SSSR count). The molecule has 1 amide bonds. The molecule has 2 N–H and O–H groups in total. The second-order valence-electron chi connectivity index (χ2n) is 4.29. The van der Waals surface area contributed by atoms with Crippen LogP contribution in [0.2, 0.25) is 0 Å². The maximum atomic E-state index is 11.7. The van der Waals surface area contributed by atoms with Crippen LogP contribution in [-0.4, -0.2) is 60.8 Å². The summed E-state index contributed by atoms with van der Waals surface area (Å²) < 4.78 is 5.19. The van der Waals surface area contributed by atoms with Gasteiger partial charge in [0.15, 0.2) is 0 Å². The molecule has 6 heteroatoms. The Morgan fingerprint density at radius 1 is 1.53 bits per heavy atom. The molecule has 1 aliphatic rings. The van der Waals surface area contributed by atoms with Gasteiger partial charge in [0.25, 0.3) is 0 Å². The summed E-state index contributed by atoms with van der Waals surface area (Å²) in [4.78, 5) is 24.5. The number of hydrogen-bond donors (Lipinski definition) is 2. The number of carboxylic acids is 1. The molecular formula is C11H20N2O4. The van der Waals surface area contributed by atoms with Crippen molar-refractivity contribution in [3.63, 3.8) is 0 Å². The molecule has 0 spiro atoms. The molecule has 0 radical (unpaired) electrons. The molecule has 1 saturated heterocycles. The number of ether oxygens (including phenoxy) is 1. The van der Waals surface area contributed by atoms with Crippen LogP contribution in [0.15, 0.2) is 0 Å². The molecule has 0 aromatic heterocycles. The maximum absolute atomic E-state index is 11.7. The fraction of sp³-hybridized carbons (Fsp3) is 0.818. The van der Waals surface area contributed by atoms with Gasteiger partial charge in [-0.15, -0.1) is 0 Å². The predicted molar refractivity (Wildman–Crippen MR) is 61.6 cm³/mol. The average Bonchev–Trinajstić information content (AvgIpc) is 2.76. The fourth-order valence-electron chi connectivity index (χ4n) is 1.97. The average molecular weight is 244 g/mol. The van der Waals surface area contributed by atoms with Crippen LogP contribution < -0.4 is 5.32 Å². The zero-order chi connectivity index (χ0) is 13.0. The molecule has 0 aromatic carbocycles. The topological polar surface area (TPSA) is 78.9 Å². The SMILES string of the molecule is CCNC(=O)C(C)N(C)C1COCC1C(=O)O. The molecule has 0 aliphatic carbocycles. The van der Waals surface area contributed by atoms with E-state index in [9.17, 15) is 9.59 Å². The molecule has 0 saturated carbocycles. The highest BCUT2D eigenvalue weighted by Crippen LogP contribution is 2.20. The van der Waals surface area contributed by atoms with Crippen LogP contribution in [0.1, 0.15) is 13.8 Å². The van der Waals surface area contributed by atoms with Gasteiger partial charge in [-0.2, -0.15) is 0 Å². The van der Waals surface area contributed by atoms with Gasteiger partial charge in [-0.25, -0.2) is 0 Å². The van der Waals surface area contributed by atoms with Crippen molar-refractivity contribution in [1.82, 2.24) is 10.2 Å². The lowest BCUT2D eigenvalue weighted by molar-refractivity contribution is -0.144. The number of aliphatic carboxylic acids is 1. The molecule has 98 valence electrons. The summed E-state index contributed by atoms with van der Waals surface area (Å²) >= 11 is 0. The molecular weight excluding hydrogens is 224 g/mol. The fourth-order valence-corrected chi connectivity index (χ4v) is 1.97. The molecule has 3 atom stereocenters. The van der Waals surface area contributed by atoms with E-state index in [0.29, 0.717) is 13.2 Å². The Balaban J connectivity index is 2.65. The van der Waals surface area contributed by atoms with Crippen LogP contribution in [0.3, 0.4) is 0 Å². The standard InChI is InChI=1S/C11H20N2O4/c1-4-12-10(14)7(2)13(3)9-6-17-5-8(9)11(15)16/h7-9H,4-6H2,1-3H3,(H,12,14)(H,15,16). The van der Waals surface area contributed by atoms with Gasteiger partial charge in [0.2, 0.25) is 5.91 Å². The lowest BCUT2D eigenvalue weighted by Crippen LogP contribution is -2.51. The van der Waals surface area contributed by atoms with E-state index in [1.807, 2.05) is 6.92 Å². The van der Waals surface area contributed by atoms with Crippen molar-refractivity contribution in [2.45, 2.75) is 25.9 Å². The monoisotopic (exact) mass is 244 g/mol. The zero-order valence-electron chi connectivity index (χ0n) is 10.5. The van der Waals surface area contributed by atoms with Crippen molar-refractivity contribution in [3.05, 3.63) is 0 Å². The molecule has 0 aromatic rings. The van der Waals surface area contributed by atoms with E-state index in [4.69, 9.17) is 9.84 Å². The van der Waals surface area contributed by atoms with E-state index in [1.54, 1.807) is 18.9 Å². The molecule has 6 nitrogen and oxygen atoms in total. The van der Waals surface area contributed by atoms with E-state index < -0.39 is 11.9 Å². The highest BCUT2D eigenvalue weighted by atomic mass is 16.5. The Kier molecular flexibility index (Phi) is 4.89. The molecule has 1 aliphatic heterocycles. The third-order valence-electron chi connectivity index (χ3n) is 3.23. The number of carboxylic acid groups (broad SMARTS) is 1. The summed E-state index contributed by atoms with van der Waals surface area (Å²) in [5, 5.41) is 11.8. The third-order valence-corrected chi connectivity index (χ3v) is 3.23. The van der Waals surface area contributed by atoms with Gasteiger partial charge in [-0.05, 0) is 20.9 Å². The number of hydrogen-bond acceptors (Lipinski definition) is 4. The van der Waals surface area contributed by atoms with Crippen LogP contribution in [0.4, 0.5) is 0 Å². The van der Waals surface area contributed by atoms with E-state index in [0.717, 1.165) is 0 Å². The van der Waals surface area contributed by atoms with E-state index in [1.165, 1.54) is 0 Å². The first kappa shape index (κ1) is 13.9. The van der Waals surface area contributed by atoms with E-state index in [-0.39, 0.29) is 24.6 Å². The summed E-state index contributed by atoms with van der Waals surface area (Å²) in [7, 11) is 1.76. The molecule has 1 fully saturated rings. The number of nitrogens with zero attached hydrogens (tertiary/aromatic N) is 1. The lowest BCUT2D eigenvalue weighted by atomic mass is 10.0. The Morgan fingerprint density at radius 3 is 2.71 bits per heavy atom. The van der Waals surface area contributed by atoms with Crippen LogP contribution in [0.25, 0.3) is 0 Å². The molecule has 3 unspecified atom stereocenters. The van der Waals surface area contributed by atoms with E-state index in [2.05, 4.69) is 5.32 Å². The van der Waals surface area contributed by atoms with Gasteiger partial charge in [0.05, 0.1) is 25.2 Å². The third kappa shape index (κ3) is 3.17. The first-order valence-electron chi connectivity index (χ1n) is 5.79. The minimum absolute atomic E-state index is 0.0916. The van der Waals surface area contributed by atoms with Gasteiger partial charge in [-0.3, -0.25) is 14.5 Å². The van der Waals surface area contributed by atoms with Crippen LogP contribution in [-0.2, 0) is 14.3 Å². The second kappa shape index (κ2) is 5.97. The first-order valence-corrected chi connectivity index (χ1v) is 5.79. The number of carbonyl (C=O) groups excluding carboxylic acids is 1. The Hall–Kier alpha value is -1.14. The van der Waals surface area contributed by atoms with Gasteiger partial charge >= 0.3 is 5.97 Å². The van der Waals surface area contributed by atoms with Crippen molar-refractivity contribution < 1.29 is 19.4 Å². The van der Waals surface area contributed by atoms with Crippen molar-refractivity contribution in [2.24, 2.45) is 5.92 Å². The van der Waals surface area contributed by atoms with Crippen molar-refractivity contribution in [1.29, 1.82) is 0 Å². The summed E-state index contributed by atoms with van der Waals surface area (Å²) in [6.45, 7) is 4.76. The van der Waals surface area contributed by atoms with Crippen LogP contribution in [0.5, 0.6) is 0 Å². The molecule has 1 heterocycles. The van der Waals surface area contributed by atoms with Gasteiger partial charge in [-0.1, -0.05) is 0 Å². The number of amides is 1. The van der Waals surface area contributed by atoms with Gasteiger partial charge in [0, 0.05) is 12.6 Å². The first-order chi connectivity index (χ1) is 7.99. The normalized spacial score (nSPS) is 25.9.